The first-order chi connectivity index (χ1) is 13.7. The minimum absolute atomic E-state index is 0.0701. The van der Waals surface area contributed by atoms with E-state index in [1.807, 2.05) is 36.7 Å². The van der Waals surface area contributed by atoms with Gasteiger partial charge in [-0.25, -0.2) is 9.50 Å². The minimum Gasteiger partial charge on any atom is -0.491 e. The third kappa shape index (κ3) is 3.57. The van der Waals surface area contributed by atoms with Gasteiger partial charge in [-0.15, -0.1) is 0 Å². The number of amides is 1. The molecule has 0 bridgehead atoms. The van der Waals surface area contributed by atoms with Crippen LogP contribution >= 0.6 is 0 Å². The van der Waals surface area contributed by atoms with Crippen molar-refractivity contribution in [1.29, 1.82) is 0 Å². The number of hydrogen-bond donors (Lipinski definition) is 0. The number of para-hydroxylation sites is 1. The van der Waals surface area contributed by atoms with Crippen LogP contribution in [0.3, 0.4) is 0 Å². The molecule has 1 amide bonds. The molecule has 28 heavy (non-hydrogen) atoms. The average molecular weight is 379 g/mol. The molecule has 4 rings (SSSR count). The minimum atomic E-state index is -0.0701. The third-order valence-corrected chi connectivity index (χ3v) is 5.18. The lowest BCUT2D eigenvalue weighted by atomic mass is 10.2. The molecule has 3 aromatic rings. The van der Waals surface area contributed by atoms with E-state index in [9.17, 15) is 4.79 Å². The van der Waals surface area contributed by atoms with Gasteiger partial charge in [-0.1, -0.05) is 32.0 Å². The van der Waals surface area contributed by atoms with Gasteiger partial charge in [-0.2, -0.15) is 5.10 Å². The summed E-state index contributed by atoms with van der Waals surface area (Å²) >= 11 is 0. The van der Waals surface area contributed by atoms with E-state index in [0.717, 1.165) is 36.5 Å². The van der Waals surface area contributed by atoms with Crippen LogP contribution in [-0.2, 0) is 13.1 Å². The van der Waals surface area contributed by atoms with E-state index in [1.54, 1.807) is 15.6 Å². The summed E-state index contributed by atoms with van der Waals surface area (Å²) in [6.45, 7) is 8.60. The van der Waals surface area contributed by atoms with Crippen LogP contribution in [0, 0.1) is 0 Å². The summed E-state index contributed by atoms with van der Waals surface area (Å²) in [6, 6.07) is 7.85. The van der Waals surface area contributed by atoms with E-state index in [4.69, 9.17) is 4.74 Å². The summed E-state index contributed by atoms with van der Waals surface area (Å²) in [5, 5.41) is 4.38. The predicted octanol–water partition coefficient (Wildman–Crippen LogP) is 2.61. The topological polar surface area (TPSA) is 63.0 Å². The van der Waals surface area contributed by atoms with Gasteiger partial charge in [0.25, 0.3) is 5.91 Å². The highest BCUT2D eigenvalue weighted by molar-refractivity contribution is 5.99. The third-order valence-electron chi connectivity index (χ3n) is 5.18. The number of nitrogens with zero attached hydrogens (tertiary/aromatic N) is 5. The van der Waals surface area contributed by atoms with Gasteiger partial charge in [0.05, 0.1) is 12.7 Å². The van der Waals surface area contributed by atoms with Gasteiger partial charge in [0.2, 0.25) is 0 Å². The Bertz CT molecular complexity index is 980. The Hall–Kier alpha value is -2.93. The van der Waals surface area contributed by atoms with Gasteiger partial charge in [0.1, 0.15) is 17.9 Å². The van der Waals surface area contributed by atoms with Crippen molar-refractivity contribution in [1.82, 2.24) is 24.4 Å². The lowest BCUT2D eigenvalue weighted by molar-refractivity contribution is 0.0735. The van der Waals surface area contributed by atoms with Gasteiger partial charge < -0.3 is 9.64 Å². The lowest BCUT2D eigenvalue weighted by Gasteiger charge is -2.19. The smallest absolute Gasteiger partial charge is 0.259 e. The fraction of sp³-hybridized carbons (Fsp3) is 0.381. The summed E-state index contributed by atoms with van der Waals surface area (Å²) < 4.78 is 7.48. The van der Waals surface area contributed by atoms with Crippen molar-refractivity contribution < 1.29 is 9.53 Å². The Morgan fingerprint density at radius 3 is 2.86 bits per heavy atom. The molecular formula is C21H25N5O2. The maximum Gasteiger partial charge on any atom is 0.259 e. The first-order valence-corrected chi connectivity index (χ1v) is 9.74. The molecule has 2 aromatic heterocycles. The van der Waals surface area contributed by atoms with Crippen molar-refractivity contribution >= 4 is 11.6 Å². The van der Waals surface area contributed by atoms with Crippen LogP contribution in [-0.4, -0.2) is 56.5 Å². The maximum atomic E-state index is 13.2. The molecular weight excluding hydrogens is 354 g/mol. The fourth-order valence-corrected chi connectivity index (χ4v) is 3.52. The van der Waals surface area contributed by atoms with Crippen LogP contribution in [0.1, 0.15) is 35.3 Å². The molecule has 146 valence electrons. The Kier molecular flexibility index (Phi) is 5.25. The van der Waals surface area contributed by atoms with Crippen molar-refractivity contribution in [2.75, 3.05) is 26.2 Å². The zero-order chi connectivity index (χ0) is 19.5. The Morgan fingerprint density at radius 2 is 2.04 bits per heavy atom. The second-order valence-corrected chi connectivity index (χ2v) is 6.93. The molecule has 0 spiro atoms. The molecule has 0 unspecified atom stereocenters. The zero-order valence-corrected chi connectivity index (χ0v) is 16.3. The molecule has 0 saturated heterocycles. The second kappa shape index (κ2) is 7.98. The van der Waals surface area contributed by atoms with E-state index < -0.39 is 0 Å². The van der Waals surface area contributed by atoms with Gasteiger partial charge >= 0.3 is 0 Å². The molecule has 7 nitrogen and oxygen atoms in total. The second-order valence-electron chi connectivity index (χ2n) is 6.93. The monoisotopic (exact) mass is 379 g/mol. The fourth-order valence-electron chi connectivity index (χ4n) is 3.52. The van der Waals surface area contributed by atoms with Crippen molar-refractivity contribution in [3.8, 4) is 5.75 Å². The molecule has 1 aromatic carbocycles. The molecule has 0 saturated carbocycles. The molecule has 0 fully saturated rings. The number of ether oxygens (including phenoxy) is 1. The maximum absolute atomic E-state index is 13.2. The Balaban J connectivity index is 1.58. The van der Waals surface area contributed by atoms with Crippen LogP contribution in [0.15, 0.2) is 42.9 Å². The standard InChI is InChI=1S/C21H25N5O2/c1-3-24(4-2)13-16-11-22-20-18(12-23-26(20)14-16)21(27)25-9-10-28-19-8-6-5-7-17(19)15-25/h5-8,11-12,14H,3-4,9-10,13,15H2,1-2H3. The van der Waals surface area contributed by atoms with Crippen LogP contribution in [0.25, 0.3) is 5.65 Å². The summed E-state index contributed by atoms with van der Waals surface area (Å²) in [4.78, 5) is 21.8. The molecule has 0 atom stereocenters. The van der Waals surface area contributed by atoms with Crippen LogP contribution in [0.4, 0.5) is 0 Å². The van der Waals surface area contributed by atoms with E-state index in [1.165, 1.54) is 0 Å². The molecule has 0 radical (unpaired) electrons. The zero-order valence-electron chi connectivity index (χ0n) is 16.3. The summed E-state index contributed by atoms with van der Waals surface area (Å²) in [5.41, 5.74) is 3.20. The number of hydrogen-bond acceptors (Lipinski definition) is 5. The van der Waals surface area contributed by atoms with E-state index in [0.29, 0.717) is 30.9 Å². The number of fused-ring (bicyclic) bond motifs is 2. The van der Waals surface area contributed by atoms with Crippen molar-refractivity contribution in [3.63, 3.8) is 0 Å². The molecule has 7 heteroatoms. The van der Waals surface area contributed by atoms with E-state index >= 15 is 0 Å². The highest BCUT2D eigenvalue weighted by atomic mass is 16.5. The molecule has 0 aliphatic carbocycles. The molecule has 3 heterocycles. The largest absolute Gasteiger partial charge is 0.491 e. The normalized spacial score (nSPS) is 14.0. The number of benzene rings is 1. The number of carbonyl (C=O) groups excluding carboxylic acids is 1. The molecule has 1 aliphatic rings. The number of rotatable bonds is 5. The first kappa shape index (κ1) is 18.4. The van der Waals surface area contributed by atoms with Crippen molar-refractivity contribution in [2.24, 2.45) is 0 Å². The van der Waals surface area contributed by atoms with Crippen LogP contribution in [0.5, 0.6) is 5.75 Å². The Labute approximate surface area is 164 Å². The molecule has 1 aliphatic heterocycles. The average Bonchev–Trinajstić information content (AvgIpc) is 3.02. The summed E-state index contributed by atoms with van der Waals surface area (Å²) in [5.74, 6) is 0.774. The SMILES string of the molecule is CCN(CC)Cc1cnc2c(C(=O)N3CCOc4ccccc4C3)cnn2c1. The van der Waals surface area contributed by atoms with Crippen LogP contribution < -0.4 is 4.74 Å². The van der Waals surface area contributed by atoms with Gasteiger partial charge in [-0.05, 0) is 19.2 Å². The number of carbonyl (C=O) groups is 1. The highest BCUT2D eigenvalue weighted by Gasteiger charge is 2.24. The Morgan fingerprint density at radius 1 is 1.21 bits per heavy atom. The first-order valence-electron chi connectivity index (χ1n) is 9.74. The van der Waals surface area contributed by atoms with Crippen LogP contribution in [0.2, 0.25) is 0 Å². The highest BCUT2D eigenvalue weighted by Crippen LogP contribution is 2.24. The van der Waals surface area contributed by atoms with Crippen molar-refractivity contribution in [3.05, 3.63) is 59.5 Å². The van der Waals surface area contributed by atoms with Gasteiger partial charge in [-0.3, -0.25) is 9.69 Å². The van der Waals surface area contributed by atoms with E-state index in [2.05, 4.69) is 28.8 Å². The van der Waals surface area contributed by atoms with Crippen molar-refractivity contribution in [2.45, 2.75) is 26.9 Å². The quantitative estimate of drug-likeness (QED) is 0.682. The predicted molar refractivity (Wildman–Crippen MR) is 106 cm³/mol. The lowest BCUT2D eigenvalue weighted by Crippen LogP contribution is -2.32. The van der Waals surface area contributed by atoms with Gasteiger partial charge in [0, 0.05) is 36.6 Å². The molecule has 0 N–H and O–H groups in total. The number of aromatic nitrogens is 3. The van der Waals surface area contributed by atoms with Gasteiger partial charge in [0.15, 0.2) is 5.65 Å². The summed E-state index contributed by atoms with van der Waals surface area (Å²) in [7, 11) is 0. The summed E-state index contributed by atoms with van der Waals surface area (Å²) in [6.07, 6.45) is 5.41. The van der Waals surface area contributed by atoms with E-state index in [-0.39, 0.29) is 5.91 Å².